The topological polar surface area (TPSA) is 89.8 Å². The van der Waals surface area contributed by atoms with Crippen LogP contribution >= 0.6 is 0 Å². The maximum Gasteiger partial charge on any atom is 0.246 e. The van der Waals surface area contributed by atoms with Crippen molar-refractivity contribution in [1.82, 2.24) is 9.38 Å². The molecule has 0 unspecified atom stereocenters. The summed E-state index contributed by atoms with van der Waals surface area (Å²) in [6.45, 7) is 2.33. The monoisotopic (exact) mass is 399 g/mol. The average molecular weight is 399 g/mol. The molecular weight excluding hydrogens is 378 g/mol. The lowest BCUT2D eigenvalue weighted by Gasteiger charge is -2.35. The van der Waals surface area contributed by atoms with Gasteiger partial charge in [0, 0.05) is 25.6 Å². The molecule has 0 atom stereocenters. The molecule has 1 aliphatic rings. The number of sulfone groups is 1. The van der Waals surface area contributed by atoms with Crippen LogP contribution in [-0.4, -0.2) is 41.7 Å². The van der Waals surface area contributed by atoms with Crippen molar-refractivity contribution < 1.29 is 17.9 Å². The van der Waals surface area contributed by atoms with Gasteiger partial charge in [0.05, 0.1) is 16.3 Å². The highest BCUT2D eigenvalue weighted by Gasteiger charge is 2.52. The number of anilines is 1. The SMILES string of the molecule is Cc1cn2cc(NC(=O)C3(S(=O)(=O)c4ccccc4)CCOCC3)ccc2n1. The Hall–Kier alpha value is -2.71. The fraction of sp³-hybridized carbons (Fsp3) is 0.300. The Kier molecular flexibility index (Phi) is 4.68. The maximum atomic E-state index is 13.4. The van der Waals surface area contributed by atoms with E-state index in [-0.39, 0.29) is 31.0 Å². The third kappa shape index (κ3) is 3.08. The largest absolute Gasteiger partial charge is 0.381 e. The van der Waals surface area contributed by atoms with Crippen LogP contribution in [0, 0.1) is 6.92 Å². The van der Waals surface area contributed by atoms with Gasteiger partial charge in [-0.25, -0.2) is 13.4 Å². The molecule has 4 rings (SSSR count). The van der Waals surface area contributed by atoms with Crippen molar-refractivity contribution in [1.29, 1.82) is 0 Å². The van der Waals surface area contributed by atoms with E-state index in [0.29, 0.717) is 5.69 Å². The number of rotatable bonds is 4. The number of ether oxygens (including phenoxy) is 1. The number of pyridine rings is 1. The third-order valence-corrected chi connectivity index (χ3v) is 7.63. The van der Waals surface area contributed by atoms with Crippen LogP contribution in [0.2, 0.25) is 0 Å². The highest BCUT2D eigenvalue weighted by atomic mass is 32.2. The fourth-order valence-corrected chi connectivity index (χ4v) is 5.55. The van der Waals surface area contributed by atoms with Crippen molar-refractivity contribution in [2.75, 3.05) is 18.5 Å². The van der Waals surface area contributed by atoms with Crippen molar-refractivity contribution >= 4 is 27.1 Å². The summed E-state index contributed by atoms with van der Waals surface area (Å²) in [5, 5.41) is 2.81. The lowest BCUT2D eigenvalue weighted by Crippen LogP contribution is -2.53. The van der Waals surface area contributed by atoms with E-state index in [4.69, 9.17) is 4.74 Å². The lowest BCUT2D eigenvalue weighted by atomic mass is 9.98. The van der Waals surface area contributed by atoms with Crippen molar-refractivity contribution in [2.24, 2.45) is 0 Å². The molecule has 7 nitrogen and oxygen atoms in total. The summed E-state index contributed by atoms with van der Waals surface area (Å²) in [6.07, 6.45) is 3.80. The van der Waals surface area contributed by atoms with Crippen LogP contribution < -0.4 is 5.32 Å². The van der Waals surface area contributed by atoms with Crippen LogP contribution in [0.3, 0.4) is 0 Å². The van der Waals surface area contributed by atoms with Gasteiger partial charge in [0.15, 0.2) is 14.6 Å². The minimum absolute atomic E-state index is 0.114. The van der Waals surface area contributed by atoms with Gasteiger partial charge in [0.25, 0.3) is 0 Å². The number of amides is 1. The Morgan fingerprint density at radius 2 is 1.82 bits per heavy atom. The molecule has 0 radical (unpaired) electrons. The van der Waals surface area contributed by atoms with Crippen molar-refractivity contribution in [3.05, 3.63) is 60.6 Å². The van der Waals surface area contributed by atoms with Gasteiger partial charge in [-0.1, -0.05) is 18.2 Å². The first-order valence-electron chi connectivity index (χ1n) is 9.07. The van der Waals surface area contributed by atoms with Gasteiger partial charge in [-0.05, 0) is 44.0 Å². The smallest absolute Gasteiger partial charge is 0.246 e. The number of fused-ring (bicyclic) bond motifs is 1. The number of aromatic nitrogens is 2. The Bertz CT molecular complexity index is 1120. The number of hydrogen-bond acceptors (Lipinski definition) is 5. The van der Waals surface area contributed by atoms with Crippen molar-refractivity contribution in [2.45, 2.75) is 29.4 Å². The van der Waals surface area contributed by atoms with E-state index in [1.54, 1.807) is 40.9 Å². The summed E-state index contributed by atoms with van der Waals surface area (Å²) in [4.78, 5) is 17.8. The molecule has 1 saturated heterocycles. The zero-order chi connectivity index (χ0) is 19.8. The highest BCUT2D eigenvalue weighted by molar-refractivity contribution is 7.93. The number of nitrogens with zero attached hydrogens (tertiary/aromatic N) is 2. The van der Waals surface area contributed by atoms with Gasteiger partial charge in [-0.2, -0.15) is 0 Å². The molecule has 0 aliphatic carbocycles. The molecule has 0 spiro atoms. The summed E-state index contributed by atoms with van der Waals surface area (Å²) in [5.74, 6) is -0.532. The number of carbonyl (C=O) groups excluding carboxylic acids is 1. The van der Waals surface area contributed by atoms with Crippen LogP contribution in [0.1, 0.15) is 18.5 Å². The number of aryl methyl sites for hydroxylation is 1. The maximum absolute atomic E-state index is 13.4. The molecule has 8 heteroatoms. The quantitative estimate of drug-likeness (QED) is 0.728. The third-order valence-electron chi connectivity index (χ3n) is 5.11. The molecule has 2 aromatic heterocycles. The second-order valence-electron chi connectivity index (χ2n) is 6.94. The summed E-state index contributed by atoms with van der Waals surface area (Å²) >= 11 is 0. The zero-order valence-corrected chi connectivity index (χ0v) is 16.3. The Morgan fingerprint density at radius 1 is 1.11 bits per heavy atom. The second-order valence-corrected chi connectivity index (χ2v) is 9.20. The van der Waals surface area contributed by atoms with Gasteiger partial charge in [-0.15, -0.1) is 0 Å². The molecule has 146 valence electrons. The highest BCUT2D eigenvalue weighted by Crippen LogP contribution is 2.36. The van der Waals surface area contributed by atoms with E-state index < -0.39 is 20.5 Å². The van der Waals surface area contributed by atoms with Crippen LogP contribution in [0.25, 0.3) is 5.65 Å². The van der Waals surface area contributed by atoms with E-state index in [0.717, 1.165) is 11.3 Å². The minimum Gasteiger partial charge on any atom is -0.381 e. The zero-order valence-electron chi connectivity index (χ0n) is 15.5. The first-order valence-corrected chi connectivity index (χ1v) is 10.5. The molecule has 28 heavy (non-hydrogen) atoms. The lowest BCUT2D eigenvalue weighted by molar-refractivity contribution is -0.121. The molecule has 3 heterocycles. The minimum atomic E-state index is -3.89. The molecule has 1 amide bonds. The fourth-order valence-electron chi connectivity index (χ4n) is 3.58. The molecule has 1 fully saturated rings. The first-order chi connectivity index (χ1) is 13.4. The summed E-state index contributed by atoms with van der Waals surface area (Å²) < 4.78 is 32.4. The Labute approximate surface area is 163 Å². The normalized spacial score (nSPS) is 16.8. The second kappa shape index (κ2) is 7.03. The number of imidazole rings is 1. The summed E-state index contributed by atoms with van der Waals surface area (Å²) in [5.41, 5.74) is 2.13. The van der Waals surface area contributed by atoms with Gasteiger partial charge in [0.1, 0.15) is 5.65 Å². The molecule has 1 N–H and O–H groups in total. The molecule has 1 aliphatic heterocycles. The number of nitrogens with one attached hydrogen (secondary N) is 1. The molecule has 0 saturated carbocycles. The summed E-state index contributed by atoms with van der Waals surface area (Å²) in [7, 11) is -3.89. The average Bonchev–Trinajstić information content (AvgIpc) is 3.08. The van der Waals surface area contributed by atoms with E-state index in [1.165, 1.54) is 12.1 Å². The van der Waals surface area contributed by atoms with E-state index in [1.807, 2.05) is 13.1 Å². The first kappa shape index (κ1) is 18.6. The number of carbonyl (C=O) groups is 1. The molecule has 3 aromatic rings. The summed E-state index contributed by atoms with van der Waals surface area (Å²) in [6, 6.07) is 11.6. The molecule has 1 aromatic carbocycles. The number of hydrogen-bond donors (Lipinski definition) is 1. The van der Waals surface area contributed by atoms with Crippen LogP contribution in [0.5, 0.6) is 0 Å². The number of benzene rings is 1. The van der Waals surface area contributed by atoms with E-state index in [2.05, 4.69) is 10.3 Å². The van der Waals surface area contributed by atoms with Crippen LogP contribution in [0.4, 0.5) is 5.69 Å². The predicted molar refractivity (Wildman–Crippen MR) is 105 cm³/mol. The molecule has 0 bridgehead atoms. The van der Waals surface area contributed by atoms with Gasteiger partial charge in [-0.3, -0.25) is 4.79 Å². The van der Waals surface area contributed by atoms with E-state index >= 15 is 0 Å². The van der Waals surface area contributed by atoms with E-state index in [9.17, 15) is 13.2 Å². The molecular formula is C20H21N3O4S. The van der Waals surface area contributed by atoms with Gasteiger partial charge in [0.2, 0.25) is 5.91 Å². The predicted octanol–water partition coefficient (Wildman–Crippen LogP) is 2.60. The van der Waals surface area contributed by atoms with Gasteiger partial charge < -0.3 is 14.5 Å². The van der Waals surface area contributed by atoms with Crippen molar-refractivity contribution in [3.8, 4) is 0 Å². The Balaban J connectivity index is 1.71. The van der Waals surface area contributed by atoms with Crippen LogP contribution in [-0.2, 0) is 19.4 Å². The van der Waals surface area contributed by atoms with Gasteiger partial charge >= 0.3 is 0 Å². The van der Waals surface area contributed by atoms with Crippen molar-refractivity contribution in [3.63, 3.8) is 0 Å². The Morgan fingerprint density at radius 3 is 2.54 bits per heavy atom. The van der Waals surface area contributed by atoms with Crippen LogP contribution in [0.15, 0.2) is 59.8 Å². The standard InChI is InChI=1S/C20H21N3O4S/c1-15-13-23-14-16(7-8-18(23)21-15)22-19(24)20(9-11-27-12-10-20)28(25,26)17-5-3-2-4-6-17/h2-8,13-14H,9-12H2,1H3,(H,22,24).